The number of aromatic nitrogens is 2. The van der Waals surface area contributed by atoms with E-state index in [1.54, 1.807) is 43.9 Å². The molecule has 31 heavy (non-hydrogen) atoms. The van der Waals surface area contributed by atoms with Gasteiger partial charge in [0.1, 0.15) is 18.0 Å². The van der Waals surface area contributed by atoms with Crippen LogP contribution in [0, 0.1) is 5.92 Å². The van der Waals surface area contributed by atoms with Crippen LogP contribution in [0.15, 0.2) is 24.4 Å². The van der Waals surface area contributed by atoms with E-state index in [2.05, 4.69) is 5.10 Å². The monoisotopic (exact) mass is 439 g/mol. The average molecular weight is 439 g/mol. The van der Waals surface area contributed by atoms with Crippen LogP contribution in [0.3, 0.4) is 0 Å². The fourth-order valence-corrected chi connectivity index (χ4v) is 3.41. The van der Waals surface area contributed by atoms with Gasteiger partial charge in [0.05, 0.1) is 5.69 Å². The number of alkyl halides is 3. The first-order valence-corrected chi connectivity index (χ1v) is 10.2. The molecule has 0 saturated heterocycles. The number of hydrogen-bond donors (Lipinski definition) is 0. The molecule has 0 N–H and O–H groups in total. The zero-order chi connectivity index (χ0) is 23.0. The summed E-state index contributed by atoms with van der Waals surface area (Å²) < 4.78 is 52.5. The number of carbonyl (C=O) groups excluding carboxylic acids is 1. The number of nitrogens with zero attached hydrogens (tertiary/aromatic N) is 3. The Morgan fingerprint density at radius 3 is 2.55 bits per heavy atom. The smallest absolute Gasteiger partial charge is 0.435 e. The van der Waals surface area contributed by atoms with Gasteiger partial charge in [-0.2, -0.15) is 18.3 Å². The molecule has 0 fully saturated rings. The molecule has 6 nitrogen and oxygen atoms in total. The van der Waals surface area contributed by atoms with Crippen molar-refractivity contribution >= 4 is 11.8 Å². The molecular weight excluding hydrogens is 411 g/mol. The topological polar surface area (TPSA) is 56.6 Å². The van der Waals surface area contributed by atoms with Crippen molar-refractivity contribution in [3.05, 3.63) is 41.2 Å². The van der Waals surface area contributed by atoms with Gasteiger partial charge in [-0.25, -0.2) is 4.79 Å². The number of halogens is 3. The minimum atomic E-state index is -4.55. The summed E-state index contributed by atoms with van der Waals surface area (Å²) in [6.45, 7) is 9.86. The van der Waals surface area contributed by atoms with Gasteiger partial charge in [0.15, 0.2) is 5.69 Å². The van der Waals surface area contributed by atoms with Crippen LogP contribution in [0.2, 0.25) is 0 Å². The Morgan fingerprint density at radius 2 is 1.94 bits per heavy atom. The Labute approximate surface area is 179 Å². The molecule has 0 spiro atoms. The lowest BCUT2D eigenvalue weighted by Gasteiger charge is -2.24. The van der Waals surface area contributed by atoms with E-state index in [-0.39, 0.29) is 18.1 Å². The lowest BCUT2D eigenvalue weighted by Crippen LogP contribution is -2.35. The number of ether oxygens (including phenoxy) is 2. The third-order valence-corrected chi connectivity index (χ3v) is 4.61. The highest BCUT2D eigenvalue weighted by molar-refractivity contribution is 5.90. The lowest BCUT2D eigenvalue weighted by molar-refractivity contribution is -0.142. The largest absolute Gasteiger partial charge is 0.489 e. The number of hydrogen-bond acceptors (Lipinski definition) is 4. The molecule has 0 bridgehead atoms. The second kappa shape index (κ2) is 8.43. The van der Waals surface area contributed by atoms with Crippen LogP contribution >= 0.6 is 0 Å². The molecule has 170 valence electrons. The van der Waals surface area contributed by atoms with Crippen molar-refractivity contribution in [2.24, 2.45) is 5.92 Å². The van der Waals surface area contributed by atoms with Gasteiger partial charge in [-0.1, -0.05) is 13.8 Å². The van der Waals surface area contributed by atoms with E-state index in [9.17, 15) is 18.0 Å². The predicted molar refractivity (Wildman–Crippen MR) is 110 cm³/mol. The zero-order valence-corrected chi connectivity index (χ0v) is 18.4. The number of amides is 1. The van der Waals surface area contributed by atoms with Crippen molar-refractivity contribution in [3.8, 4) is 5.75 Å². The highest BCUT2D eigenvalue weighted by Crippen LogP contribution is 2.34. The van der Waals surface area contributed by atoms with Crippen molar-refractivity contribution in [1.29, 1.82) is 0 Å². The number of anilines is 1. The maximum atomic E-state index is 13.4. The molecule has 2 heterocycles. The molecule has 1 amide bonds. The molecule has 9 heteroatoms. The lowest BCUT2D eigenvalue weighted by atomic mass is 10.1. The molecular formula is C22H28F3N3O3. The molecule has 3 rings (SSSR count). The second-order valence-corrected chi connectivity index (χ2v) is 9.08. The molecule has 1 aromatic heterocycles. The van der Waals surface area contributed by atoms with Gasteiger partial charge in [-0.05, 0) is 56.9 Å². The summed E-state index contributed by atoms with van der Waals surface area (Å²) >= 11 is 0. The maximum absolute atomic E-state index is 13.4. The molecule has 1 aliphatic heterocycles. The van der Waals surface area contributed by atoms with E-state index in [1.807, 2.05) is 13.8 Å². The Kier molecular flexibility index (Phi) is 6.25. The number of benzene rings is 1. The standard InChI is InChI=1S/C22H28F3N3O3/c1-14(2)11-27-12-16(19(26-27)22(23,24)25)13-30-17-6-7-18-15(10-17)8-9-28(18)20(29)31-21(3,4)5/h6-7,10,12,14H,8-9,11,13H2,1-5H3. The molecule has 1 aromatic carbocycles. The average Bonchev–Trinajstić information content (AvgIpc) is 3.21. The third-order valence-electron chi connectivity index (χ3n) is 4.61. The first-order valence-electron chi connectivity index (χ1n) is 10.2. The fraction of sp³-hybridized carbons (Fsp3) is 0.545. The quantitative estimate of drug-likeness (QED) is 0.623. The summed E-state index contributed by atoms with van der Waals surface area (Å²) in [4.78, 5) is 13.9. The predicted octanol–water partition coefficient (Wildman–Crippen LogP) is 5.43. The Hall–Kier alpha value is -2.71. The zero-order valence-electron chi connectivity index (χ0n) is 18.4. The van der Waals surface area contributed by atoms with Gasteiger partial charge >= 0.3 is 12.3 Å². The van der Waals surface area contributed by atoms with Crippen LogP contribution in [-0.4, -0.2) is 28.0 Å². The van der Waals surface area contributed by atoms with Crippen molar-refractivity contribution in [2.75, 3.05) is 11.4 Å². The first kappa shape index (κ1) is 23.0. The van der Waals surface area contributed by atoms with E-state index >= 15 is 0 Å². The van der Waals surface area contributed by atoms with Crippen LogP contribution < -0.4 is 9.64 Å². The van der Waals surface area contributed by atoms with Crippen molar-refractivity contribution < 1.29 is 27.4 Å². The molecule has 0 saturated carbocycles. The Bertz CT molecular complexity index is 946. The number of rotatable bonds is 5. The minimum absolute atomic E-state index is 0.0102. The summed E-state index contributed by atoms with van der Waals surface area (Å²) in [6.07, 6.45) is -2.97. The summed E-state index contributed by atoms with van der Waals surface area (Å²) in [6, 6.07) is 5.13. The van der Waals surface area contributed by atoms with Gasteiger partial charge in [0, 0.05) is 24.8 Å². The van der Waals surface area contributed by atoms with Crippen LogP contribution in [0.25, 0.3) is 0 Å². The highest BCUT2D eigenvalue weighted by Gasteiger charge is 2.37. The highest BCUT2D eigenvalue weighted by atomic mass is 19.4. The summed E-state index contributed by atoms with van der Waals surface area (Å²) in [5.41, 5.74) is 0.0747. The summed E-state index contributed by atoms with van der Waals surface area (Å²) in [5.74, 6) is 0.605. The Balaban J connectivity index is 1.73. The van der Waals surface area contributed by atoms with E-state index in [0.29, 0.717) is 25.3 Å². The normalized spacial score (nSPS) is 14.2. The van der Waals surface area contributed by atoms with Gasteiger partial charge < -0.3 is 9.47 Å². The minimum Gasteiger partial charge on any atom is -0.489 e. The van der Waals surface area contributed by atoms with Gasteiger partial charge in [0.25, 0.3) is 0 Å². The van der Waals surface area contributed by atoms with E-state index in [0.717, 1.165) is 11.3 Å². The van der Waals surface area contributed by atoms with E-state index in [4.69, 9.17) is 9.47 Å². The van der Waals surface area contributed by atoms with Gasteiger partial charge in [-0.15, -0.1) is 0 Å². The number of fused-ring (bicyclic) bond motifs is 1. The molecule has 2 aromatic rings. The summed E-state index contributed by atoms with van der Waals surface area (Å²) in [5, 5.41) is 3.70. The molecule has 1 aliphatic rings. The van der Waals surface area contributed by atoms with E-state index < -0.39 is 23.6 Å². The molecule has 0 aliphatic carbocycles. The summed E-state index contributed by atoms with van der Waals surface area (Å²) in [7, 11) is 0. The van der Waals surface area contributed by atoms with Crippen molar-refractivity contribution in [2.45, 2.75) is 66.0 Å². The van der Waals surface area contributed by atoms with Crippen LogP contribution in [-0.2, 0) is 30.5 Å². The molecule has 0 radical (unpaired) electrons. The van der Waals surface area contributed by atoms with Gasteiger partial charge in [0.2, 0.25) is 0 Å². The molecule has 0 atom stereocenters. The Morgan fingerprint density at radius 1 is 1.23 bits per heavy atom. The number of carbonyl (C=O) groups is 1. The maximum Gasteiger partial charge on any atom is 0.435 e. The second-order valence-electron chi connectivity index (χ2n) is 9.08. The SMILES string of the molecule is CC(C)Cn1cc(COc2ccc3c(c2)CCN3C(=O)OC(C)(C)C)c(C(F)(F)F)n1. The van der Waals surface area contributed by atoms with Gasteiger partial charge in [-0.3, -0.25) is 9.58 Å². The van der Waals surface area contributed by atoms with Crippen LogP contribution in [0.4, 0.5) is 23.7 Å². The van der Waals surface area contributed by atoms with Crippen molar-refractivity contribution in [1.82, 2.24) is 9.78 Å². The van der Waals surface area contributed by atoms with Crippen LogP contribution in [0.5, 0.6) is 5.75 Å². The molecule has 0 unspecified atom stereocenters. The van der Waals surface area contributed by atoms with Crippen LogP contribution in [0.1, 0.15) is 51.4 Å². The van der Waals surface area contributed by atoms with E-state index in [1.165, 1.54) is 10.9 Å². The first-order chi connectivity index (χ1) is 14.3. The van der Waals surface area contributed by atoms with Crippen molar-refractivity contribution in [3.63, 3.8) is 0 Å². The third kappa shape index (κ3) is 5.71. The fourth-order valence-electron chi connectivity index (χ4n) is 3.41.